The monoisotopic (exact) mass is 263 g/mol. The van der Waals surface area contributed by atoms with Crippen LogP contribution in [-0.2, 0) is 0 Å². The van der Waals surface area contributed by atoms with E-state index in [9.17, 15) is 18.7 Å². The number of hydrogen-bond donors (Lipinski definition) is 2. The molecule has 0 atom stereocenters. The minimum Gasteiger partial charge on any atom is -0.507 e. The van der Waals surface area contributed by atoms with Gasteiger partial charge in [-0.05, 0) is 36.8 Å². The van der Waals surface area contributed by atoms with Gasteiger partial charge in [-0.25, -0.2) is 8.78 Å². The molecule has 0 unspecified atom stereocenters. The highest BCUT2D eigenvalue weighted by Gasteiger charge is 2.16. The summed E-state index contributed by atoms with van der Waals surface area (Å²) < 4.78 is 26.8. The molecule has 0 spiro atoms. The summed E-state index contributed by atoms with van der Waals surface area (Å²) >= 11 is 0. The van der Waals surface area contributed by atoms with E-state index in [1.165, 1.54) is 24.3 Å². The van der Waals surface area contributed by atoms with Gasteiger partial charge in [-0.1, -0.05) is 12.1 Å². The van der Waals surface area contributed by atoms with Gasteiger partial charge in [0.05, 0.1) is 0 Å². The zero-order valence-corrected chi connectivity index (χ0v) is 10.1. The fourth-order valence-corrected chi connectivity index (χ4v) is 1.60. The van der Waals surface area contributed by atoms with Crippen LogP contribution in [0.5, 0.6) is 5.75 Å². The Labute approximate surface area is 108 Å². The van der Waals surface area contributed by atoms with E-state index in [-0.39, 0.29) is 5.69 Å². The Morgan fingerprint density at radius 3 is 2.53 bits per heavy atom. The fourth-order valence-electron chi connectivity index (χ4n) is 1.60. The Balaban J connectivity index is 2.28. The summed E-state index contributed by atoms with van der Waals surface area (Å²) in [7, 11) is 0. The molecule has 0 aliphatic carbocycles. The van der Waals surface area contributed by atoms with Gasteiger partial charge in [-0.3, -0.25) is 4.79 Å². The van der Waals surface area contributed by atoms with Crippen molar-refractivity contribution in [3.63, 3.8) is 0 Å². The number of halogens is 2. The van der Waals surface area contributed by atoms with Crippen molar-refractivity contribution in [2.24, 2.45) is 0 Å². The molecule has 5 heteroatoms. The average Bonchev–Trinajstić information content (AvgIpc) is 2.33. The van der Waals surface area contributed by atoms with Crippen molar-refractivity contribution in [2.75, 3.05) is 5.32 Å². The van der Waals surface area contributed by atoms with Gasteiger partial charge in [0.25, 0.3) is 5.91 Å². The van der Waals surface area contributed by atoms with E-state index in [1.54, 1.807) is 6.92 Å². The zero-order chi connectivity index (χ0) is 14.0. The molecule has 98 valence electrons. The van der Waals surface area contributed by atoms with Gasteiger partial charge in [-0.15, -0.1) is 0 Å². The molecule has 0 aromatic heterocycles. The summed E-state index contributed by atoms with van der Waals surface area (Å²) in [5, 5.41) is 11.8. The average molecular weight is 263 g/mol. The van der Waals surface area contributed by atoms with Crippen LogP contribution in [0.4, 0.5) is 14.5 Å². The molecule has 19 heavy (non-hydrogen) atoms. The normalized spacial score (nSPS) is 10.3. The highest BCUT2D eigenvalue weighted by Crippen LogP contribution is 2.22. The maximum Gasteiger partial charge on any atom is 0.262 e. The van der Waals surface area contributed by atoms with Gasteiger partial charge in [0.1, 0.15) is 22.9 Å². The lowest BCUT2D eigenvalue weighted by Gasteiger charge is -2.08. The first-order valence-corrected chi connectivity index (χ1v) is 5.54. The molecule has 0 radical (unpaired) electrons. The number of anilines is 1. The minimum atomic E-state index is -0.843. The van der Waals surface area contributed by atoms with Gasteiger partial charge in [0, 0.05) is 5.69 Å². The van der Waals surface area contributed by atoms with Gasteiger partial charge in [0.2, 0.25) is 0 Å². The van der Waals surface area contributed by atoms with E-state index in [0.717, 1.165) is 12.1 Å². The summed E-state index contributed by atoms with van der Waals surface area (Å²) in [5.41, 5.74) is 0.158. The van der Waals surface area contributed by atoms with Gasteiger partial charge >= 0.3 is 0 Å². The number of amides is 1. The topological polar surface area (TPSA) is 49.3 Å². The predicted octanol–water partition coefficient (Wildman–Crippen LogP) is 3.23. The lowest BCUT2D eigenvalue weighted by molar-refractivity contribution is 0.102. The van der Waals surface area contributed by atoms with Gasteiger partial charge in [0.15, 0.2) is 0 Å². The summed E-state index contributed by atoms with van der Waals surface area (Å²) in [6, 6.07) is 7.66. The van der Waals surface area contributed by atoms with Crippen molar-refractivity contribution in [2.45, 2.75) is 6.92 Å². The molecule has 0 saturated carbocycles. The van der Waals surface area contributed by atoms with E-state index >= 15 is 0 Å². The summed E-state index contributed by atoms with van der Waals surface area (Å²) in [5.74, 6) is -2.62. The standard InChI is InChI=1S/C14H11F2NO2/c1-8-5-6-9(7-11(8)16)17-14(19)13-10(15)3-2-4-12(13)18/h2-7,18H,1H3,(H,17,19). The number of nitrogens with one attached hydrogen (secondary N) is 1. The van der Waals surface area contributed by atoms with Crippen LogP contribution in [0.25, 0.3) is 0 Å². The van der Waals surface area contributed by atoms with Crippen molar-refractivity contribution < 1.29 is 18.7 Å². The third kappa shape index (κ3) is 2.70. The van der Waals surface area contributed by atoms with E-state index in [1.807, 2.05) is 0 Å². The van der Waals surface area contributed by atoms with E-state index in [4.69, 9.17) is 0 Å². The molecule has 0 bridgehead atoms. The van der Waals surface area contributed by atoms with Crippen LogP contribution in [-0.4, -0.2) is 11.0 Å². The highest BCUT2D eigenvalue weighted by atomic mass is 19.1. The molecule has 0 aliphatic heterocycles. The van der Waals surface area contributed by atoms with Crippen molar-refractivity contribution in [1.29, 1.82) is 0 Å². The van der Waals surface area contributed by atoms with E-state index in [0.29, 0.717) is 5.56 Å². The van der Waals surface area contributed by atoms with Crippen LogP contribution >= 0.6 is 0 Å². The number of benzene rings is 2. The second kappa shape index (κ2) is 5.06. The van der Waals surface area contributed by atoms with Crippen molar-refractivity contribution in [1.82, 2.24) is 0 Å². The highest BCUT2D eigenvalue weighted by molar-refractivity contribution is 6.06. The maximum atomic E-state index is 13.5. The summed E-state index contributed by atoms with van der Waals surface area (Å²) in [6.45, 7) is 1.59. The van der Waals surface area contributed by atoms with Crippen LogP contribution in [0.3, 0.4) is 0 Å². The molecule has 1 amide bonds. The van der Waals surface area contributed by atoms with Crippen molar-refractivity contribution >= 4 is 11.6 Å². The number of carbonyl (C=O) groups is 1. The molecule has 2 aromatic carbocycles. The van der Waals surface area contributed by atoms with Crippen LogP contribution in [0.15, 0.2) is 36.4 Å². The first-order chi connectivity index (χ1) is 8.99. The number of carbonyl (C=O) groups excluding carboxylic acids is 1. The quantitative estimate of drug-likeness (QED) is 0.873. The first kappa shape index (κ1) is 13.0. The number of hydrogen-bond acceptors (Lipinski definition) is 2. The van der Waals surface area contributed by atoms with Crippen molar-refractivity contribution in [3.8, 4) is 5.75 Å². The van der Waals surface area contributed by atoms with Gasteiger partial charge in [-0.2, -0.15) is 0 Å². The zero-order valence-electron chi connectivity index (χ0n) is 10.1. The third-order valence-electron chi connectivity index (χ3n) is 2.65. The number of phenols is 1. The Morgan fingerprint density at radius 1 is 1.16 bits per heavy atom. The van der Waals surface area contributed by atoms with Crippen LogP contribution in [0.1, 0.15) is 15.9 Å². The molecule has 0 heterocycles. The third-order valence-corrected chi connectivity index (χ3v) is 2.65. The number of rotatable bonds is 2. The van der Waals surface area contributed by atoms with Crippen LogP contribution in [0, 0.1) is 18.6 Å². The molecule has 0 fully saturated rings. The number of aryl methyl sites for hydroxylation is 1. The van der Waals surface area contributed by atoms with Gasteiger partial charge < -0.3 is 10.4 Å². The van der Waals surface area contributed by atoms with Crippen molar-refractivity contribution in [3.05, 3.63) is 59.2 Å². The molecule has 2 N–H and O–H groups in total. The largest absolute Gasteiger partial charge is 0.507 e. The molecular formula is C14H11F2NO2. The molecule has 2 rings (SSSR count). The summed E-state index contributed by atoms with van der Waals surface area (Å²) in [4.78, 5) is 11.8. The van der Waals surface area contributed by atoms with Crippen LogP contribution in [0.2, 0.25) is 0 Å². The maximum absolute atomic E-state index is 13.5. The second-order valence-electron chi connectivity index (χ2n) is 4.05. The second-order valence-corrected chi connectivity index (χ2v) is 4.05. The lowest BCUT2D eigenvalue weighted by atomic mass is 10.1. The minimum absolute atomic E-state index is 0.191. The summed E-state index contributed by atoms with van der Waals surface area (Å²) in [6.07, 6.45) is 0. The smallest absolute Gasteiger partial charge is 0.262 e. The Hall–Kier alpha value is -2.43. The number of aromatic hydroxyl groups is 1. The molecule has 0 aliphatic rings. The first-order valence-electron chi connectivity index (χ1n) is 5.54. The van der Waals surface area contributed by atoms with Crippen LogP contribution < -0.4 is 5.32 Å². The molecular weight excluding hydrogens is 252 g/mol. The molecule has 0 saturated heterocycles. The Bertz CT molecular complexity index is 621. The molecule has 3 nitrogen and oxygen atoms in total. The Kier molecular flexibility index (Phi) is 3.46. The fraction of sp³-hybridized carbons (Fsp3) is 0.0714. The molecule has 2 aromatic rings. The number of phenolic OH excluding ortho intramolecular Hbond substituents is 1. The van der Waals surface area contributed by atoms with E-state index < -0.39 is 28.9 Å². The lowest BCUT2D eigenvalue weighted by Crippen LogP contribution is -2.14. The SMILES string of the molecule is Cc1ccc(NC(=O)c2c(O)cccc2F)cc1F. The predicted molar refractivity (Wildman–Crippen MR) is 67.2 cm³/mol. The van der Waals surface area contributed by atoms with E-state index in [2.05, 4.69) is 5.32 Å². The Morgan fingerprint density at radius 2 is 1.89 bits per heavy atom.